The number of amides is 1. The number of hydrogen-bond donors (Lipinski definition) is 1. The molecule has 21 heavy (non-hydrogen) atoms. The summed E-state index contributed by atoms with van der Waals surface area (Å²) in [5, 5.41) is 3.30. The molecule has 0 bridgehead atoms. The molecule has 1 unspecified atom stereocenters. The molecule has 0 radical (unpaired) electrons. The summed E-state index contributed by atoms with van der Waals surface area (Å²) in [5.74, 6) is 0.719. The summed E-state index contributed by atoms with van der Waals surface area (Å²) < 4.78 is 12.8. The fraction of sp³-hybridized carbons (Fsp3) is 0.533. The predicted octanol–water partition coefficient (Wildman–Crippen LogP) is 2.80. The van der Waals surface area contributed by atoms with Gasteiger partial charge in [0.05, 0.1) is 0 Å². The third-order valence-electron chi connectivity index (χ3n) is 3.39. The zero-order valence-electron chi connectivity index (χ0n) is 12.2. The molecule has 1 atom stereocenters. The molecule has 1 N–H and O–H groups in total. The van der Waals surface area contributed by atoms with E-state index in [9.17, 15) is 9.18 Å². The lowest BCUT2D eigenvalue weighted by atomic mass is 10.2. The van der Waals surface area contributed by atoms with Gasteiger partial charge in [0.1, 0.15) is 5.82 Å². The molecule has 2 rings (SSSR count). The topological polar surface area (TPSA) is 32.3 Å². The van der Waals surface area contributed by atoms with Gasteiger partial charge >= 0.3 is 0 Å². The van der Waals surface area contributed by atoms with Crippen LogP contribution in [0.5, 0.6) is 0 Å². The highest BCUT2D eigenvalue weighted by Gasteiger charge is 2.21. The van der Waals surface area contributed by atoms with Gasteiger partial charge in [-0.1, -0.05) is 6.92 Å². The normalized spacial score (nSPS) is 16.8. The fourth-order valence-corrected chi connectivity index (χ4v) is 3.11. The minimum absolute atomic E-state index is 0. The van der Waals surface area contributed by atoms with Crippen molar-refractivity contribution >= 4 is 30.1 Å². The Labute approximate surface area is 136 Å². The van der Waals surface area contributed by atoms with Gasteiger partial charge in [-0.2, -0.15) is 0 Å². The molecule has 1 aliphatic heterocycles. The van der Waals surface area contributed by atoms with Crippen LogP contribution in [0.25, 0.3) is 0 Å². The monoisotopic (exact) mass is 332 g/mol. The van der Waals surface area contributed by atoms with Crippen molar-refractivity contribution in [3.8, 4) is 0 Å². The molecular weight excluding hydrogens is 311 g/mol. The van der Waals surface area contributed by atoms with Crippen LogP contribution in [0.1, 0.15) is 13.3 Å². The van der Waals surface area contributed by atoms with Gasteiger partial charge in [-0.05, 0) is 37.2 Å². The van der Waals surface area contributed by atoms with Crippen LogP contribution in [0, 0.1) is 11.7 Å². The quantitative estimate of drug-likeness (QED) is 0.861. The maximum atomic E-state index is 12.8. The van der Waals surface area contributed by atoms with Crippen molar-refractivity contribution in [1.29, 1.82) is 0 Å². The summed E-state index contributed by atoms with van der Waals surface area (Å²) in [5.41, 5.74) is 0. The first kappa shape index (κ1) is 18.3. The molecule has 1 fully saturated rings. The zero-order chi connectivity index (χ0) is 14.4. The summed E-state index contributed by atoms with van der Waals surface area (Å²) in [6.45, 7) is 5.48. The Kier molecular flexibility index (Phi) is 8.07. The predicted molar refractivity (Wildman–Crippen MR) is 87.6 cm³/mol. The lowest BCUT2D eigenvalue weighted by Crippen LogP contribution is -2.38. The van der Waals surface area contributed by atoms with Gasteiger partial charge in [0.2, 0.25) is 5.91 Å². The van der Waals surface area contributed by atoms with Gasteiger partial charge in [-0.15, -0.1) is 24.2 Å². The summed E-state index contributed by atoms with van der Waals surface area (Å²) >= 11 is 1.60. The molecule has 1 aromatic carbocycles. The third-order valence-corrected chi connectivity index (χ3v) is 4.66. The Morgan fingerprint density at radius 1 is 1.33 bits per heavy atom. The van der Waals surface area contributed by atoms with Crippen LogP contribution in [0.3, 0.4) is 0 Å². The van der Waals surface area contributed by atoms with E-state index in [0.717, 1.165) is 43.2 Å². The highest BCUT2D eigenvalue weighted by atomic mass is 35.5. The number of rotatable bonds is 4. The van der Waals surface area contributed by atoms with Crippen LogP contribution in [-0.4, -0.2) is 42.7 Å². The molecule has 6 heteroatoms. The largest absolute Gasteiger partial charge is 0.341 e. The van der Waals surface area contributed by atoms with Crippen LogP contribution in [-0.2, 0) is 4.79 Å². The molecule has 0 aliphatic carbocycles. The Morgan fingerprint density at radius 3 is 2.76 bits per heavy atom. The van der Waals surface area contributed by atoms with Gasteiger partial charge in [0, 0.05) is 36.2 Å². The minimum atomic E-state index is -0.226. The average Bonchev–Trinajstić information content (AvgIpc) is 2.74. The van der Waals surface area contributed by atoms with Gasteiger partial charge in [0.25, 0.3) is 0 Å². The standard InChI is InChI=1S/C15H21FN2OS.ClH/c1-12(11-20-14-5-3-13(16)4-6-14)15(19)18-9-2-7-17-8-10-18;/h3-6,12,17H,2,7-11H2,1H3;1H. The van der Waals surface area contributed by atoms with Crippen molar-refractivity contribution in [3.05, 3.63) is 30.1 Å². The van der Waals surface area contributed by atoms with E-state index in [4.69, 9.17) is 0 Å². The second-order valence-electron chi connectivity index (χ2n) is 5.09. The maximum Gasteiger partial charge on any atom is 0.226 e. The maximum absolute atomic E-state index is 12.8. The van der Waals surface area contributed by atoms with Crippen molar-refractivity contribution in [2.45, 2.75) is 18.2 Å². The van der Waals surface area contributed by atoms with Gasteiger partial charge in [-0.25, -0.2) is 4.39 Å². The first-order chi connectivity index (χ1) is 9.66. The van der Waals surface area contributed by atoms with E-state index < -0.39 is 0 Å². The molecule has 1 amide bonds. The summed E-state index contributed by atoms with van der Waals surface area (Å²) in [7, 11) is 0. The first-order valence-electron chi connectivity index (χ1n) is 7.04. The fourth-order valence-electron chi connectivity index (χ4n) is 2.20. The van der Waals surface area contributed by atoms with Crippen molar-refractivity contribution in [2.75, 3.05) is 31.9 Å². The molecule has 1 heterocycles. The summed E-state index contributed by atoms with van der Waals surface area (Å²) in [4.78, 5) is 15.3. The number of benzene rings is 1. The third kappa shape index (κ3) is 5.85. The second kappa shape index (κ2) is 9.28. The zero-order valence-corrected chi connectivity index (χ0v) is 13.8. The number of thioether (sulfide) groups is 1. The Morgan fingerprint density at radius 2 is 2.05 bits per heavy atom. The van der Waals surface area contributed by atoms with Crippen molar-refractivity contribution in [1.82, 2.24) is 10.2 Å². The van der Waals surface area contributed by atoms with Crippen LogP contribution in [0.15, 0.2) is 29.2 Å². The van der Waals surface area contributed by atoms with Crippen LogP contribution in [0.4, 0.5) is 4.39 Å². The molecule has 0 saturated carbocycles. The molecular formula is C15H22ClFN2OS. The van der Waals surface area contributed by atoms with Crippen molar-refractivity contribution < 1.29 is 9.18 Å². The SMILES string of the molecule is CC(CSc1ccc(F)cc1)C(=O)N1CCCNCC1.Cl. The Hall–Kier alpha value is -0.780. The summed E-state index contributed by atoms with van der Waals surface area (Å²) in [6.07, 6.45) is 1.02. The Balaban J connectivity index is 0.00000220. The van der Waals surface area contributed by atoms with Crippen molar-refractivity contribution in [2.24, 2.45) is 5.92 Å². The highest BCUT2D eigenvalue weighted by Crippen LogP contribution is 2.22. The number of nitrogens with zero attached hydrogens (tertiary/aromatic N) is 1. The molecule has 118 valence electrons. The highest BCUT2D eigenvalue weighted by molar-refractivity contribution is 7.99. The van der Waals surface area contributed by atoms with Crippen LogP contribution < -0.4 is 5.32 Å². The number of carbonyl (C=O) groups is 1. The van der Waals surface area contributed by atoms with Crippen LogP contribution >= 0.6 is 24.2 Å². The second-order valence-corrected chi connectivity index (χ2v) is 6.19. The molecule has 3 nitrogen and oxygen atoms in total. The summed E-state index contributed by atoms with van der Waals surface area (Å²) in [6, 6.07) is 6.42. The van der Waals surface area contributed by atoms with E-state index in [-0.39, 0.29) is 30.0 Å². The van der Waals surface area contributed by atoms with Gasteiger partial charge in [-0.3, -0.25) is 4.79 Å². The number of halogens is 2. The van der Waals surface area contributed by atoms with E-state index >= 15 is 0 Å². The molecule has 0 aromatic heterocycles. The molecule has 0 spiro atoms. The van der Waals surface area contributed by atoms with E-state index in [1.807, 2.05) is 11.8 Å². The smallest absolute Gasteiger partial charge is 0.226 e. The van der Waals surface area contributed by atoms with E-state index in [2.05, 4.69) is 5.32 Å². The lowest BCUT2D eigenvalue weighted by molar-refractivity contribution is -0.134. The average molecular weight is 333 g/mol. The number of nitrogens with one attached hydrogen (secondary N) is 1. The van der Waals surface area contributed by atoms with Gasteiger partial charge in [0.15, 0.2) is 0 Å². The minimum Gasteiger partial charge on any atom is -0.341 e. The van der Waals surface area contributed by atoms with E-state index in [1.165, 1.54) is 12.1 Å². The Bertz CT molecular complexity index is 436. The van der Waals surface area contributed by atoms with Crippen molar-refractivity contribution in [3.63, 3.8) is 0 Å². The van der Waals surface area contributed by atoms with Crippen LogP contribution in [0.2, 0.25) is 0 Å². The van der Waals surface area contributed by atoms with E-state index in [0.29, 0.717) is 0 Å². The molecule has 1 saturated heterocycles. The number of hydrogen-bond acceptors (Lipinski definition) is 3. The molecule has 1 aromatic rings. The first-order valence-corrected chi connectivity index (χ1v) is 8.03. The number of carbonyl (C=O) groups excluding carboxylic acids is 1. The van der Waals surface area contributed by atoms with Gasteiger partial charge < -0.3 is 10.2 Å². The molecule has 1 aliphatic rings. The van der Waals surface area contributed by atoms with E-state index in [1.54, 1.807) is 23.9 Å². The lowest BCUT2D eigenvalue weighted by Gasteiger charge is -2.23.